The first-order chi connectivity index (χ1) is 10.2. The molecule has 0 unspecified atom stereocenters. The van der Waals surface area contributed by atoms with E-state index in [0.29, 0.717) is 0 Å². The highest BCUT2D eigenvalue weighted by Crippen LogP contribution is 2.29. The van der Waals surface area contributed by atoms with Gasteiger partial charge in [-0.15, -0.1) is 0 Å². The Kier molecular flexibility index (Phi) is 5.26. The lowest BCUT2D eigenvalue weighted by atomic mass is 10.1. The Balaban J connectivity index is 2.37. The largest absolute Gasteiger partial charge is 0.494 e. The van der Waals surface area contributed by atoms with Gasteiger partial charge in [0.15, 0.2) is 0 Å². The van der Waals surface area contributed by atoms with E-state index < -0.39 is 0 Å². The molecule has 0 saturated heterocycles. The zero-order valence-corrected chi connectivity index (χ0v) is 13.2. The predicted octanol–water partition coefficient (Wildman–Crippen LogP) is 3.89. The van der Waals surface area contributed by atoms with Crippen molar-refractivity contribution in [3.63, 3.8) is 0 Å². The predicted molar refractivity (Wildman–Crippen MR) is 87.5 cm³/mol. The summed E-state index contributed by atoms with van der Waals surface area (Å²) in [6.45, 7) is 8.00. The van der Waals surface area contributed by atoms with E-state index in [2.05, 4.69) is 25.3 Å². The molecule has 0 aliphatic heterocycles. The van der Waals surface area contributed by atoms with Crippen LogP contribution in [0.15, 0.2) is 24.3 Å². The zero-order chi connectivity index (χ0) is 15.2. The molecule has 0 bridgehead atoms. The quantitative estimate of drug-likeness (QED) is 0.840. The summed E-state index contributed by atoms with van der Waals surface area (Å²) in [7, 11) is 0. The van der Waals surface area contributed by atoms with Crippen LogP contribution in [0.2, 0.25) is 0 Å². The fraction of sp³-hybridized carbons (Fsp3) is 0.471. The molecule has 0 aliphatic carbocycles. The molecule has 1 aromatic heterocycles. The van der Waals surface area contributed by atoms with Gasteiger partial charge in [-0.05, 0) is 25.0 Å². The van der Waals surface area contributed by atoms with Crippen LogP contribution in [0.1, 0.15) is 39.4 Å². The van der Waals surface area contributed by atoms with Gasteiger partial charge < -0.3 is 15.0 Å². The maximum absolute atomic E-state index is 6.31. The minimum atomic E-state index is 0.726. The van der Waals surface area contributed by atoms with Crippen molar-refractivity contribution in [2.24, 2.45) is 0 Å². The van der Waals surface area contributed by atoms with Gasteiger partial charge in [-0.3, -0.25) is 0 Å². The zero-order valence-electron chi connectivity index (χ0n) is 13.2. The normalized spacial score (nSPS) is 10.8. The van der Waals surface area contributed by atoms with E-state index in [-0.39, 0.29) is 0 Å². The third kappa shape index (κ3) is 3.38. The number of rotatable bonds is 7. The number of hydrogen-bond acceptors (Lipinski definition) is 3. The Morgan fingerprint density at radius 3 is 2.67 bits per heavy atom. The van der Waals surface area contributed by atoms with E-state index in [1.54, 1.807) is 0 Å². The average molecular weight is 287 g/mol. The highest BCUT2D eigenvalue weighted by atomic mass is 16.5. The van der Waals surface area contributed by atoms with Crippen LogP contribution in [-0.4, -0.2) is 16.2 Å². The summed E-state index contributed by atoms with van der Waals surface area (Å²) in [5.74, 6) is 2.67. The third-order valence-corrected chi connectivity index (χ3v) is 3.43. The molecule has 0 saturated carbocycles. The molecule has 0 amide bonds. The van der Waals surface area contributed by atoms with Crippen molar-refractivity contribution in [3.05, 3.63) is 30.1 Å². The van der Waals surface area contributed by atoms with Crippen molar-refractivity contribution in [2.75, 3.05) is 12.3 Å². The summed E-state index contributed by atoms with van der Waals surface area (Å²) in [4.78, 5) is 4.72. The standard InChI is InChI=1S/C17H25N3O/c1-4-10-20-15(6-3)19-16(17(20)18)13-8-7-9-14(12-13)21-11-5-2/h7-9,12H,4-6,10-11,18H2,1-3H3. The topological polar surface area (TPSA) is 53.1 Å². The molecule has 0 fully saturated rings. The summed E-state index contributed by atoms with van der Waals surface area (Å²) in [6.07, 6.45) is 2.93. The molecule has 2 rings (SSSR count). The van der Waals surface area contributed by atoms with E-state index in [1.807, 2.05) is 24.3 Å². The molecule has 4 heteroatoms. The molecule has 2 aromatic rings. The van der Waals surface area contributed by atoms with Crippen LogP contribution < -0.4 is 10.5 Å². The number of nitrogen functional groups attached to an aromatic ring is 1. The SMILES string of the molecule is CCCOc1cccc(-c2nc(CC)n(CCC)c2N)c1. The summed E-state index contributed by atoms with van der Waals surface area (Å²) in [6, 6.07) is 8.01. The Morgan fingerprint density at radius 2 is 2.00 bits per heavy atom. The lowest BCUT2D eigenvalue weighted by Crippen LogP contribution is -2.06. The number of imidazole rings is 1. The molecule has 1 aromatic carbocycles. The van der Waals surface area contributed by atoms with E-state index in [1.165, 1.54) is 0 Å². The van der Waals surface area contributed by atoms with Gasteiger partial charge in [0.25, 0.3) is 0 Å². The van der Waals surface area contributed by atoms with Crippen molar-refractivity contribution in [3.8, 4) is 17.0 Å². The Labute approximate surface area is 127 Å². The maximum Gasteiger partial charge on any atom is 0.131 e. The number of hydrogen-bond donors (Lipinski definition) is 1. The summed E-state index contributed by atoms with van der Waals surface area (Å²) < 4.78 is 7.81. The number of benzene rings is 1. The fourth-order valence-corrected chi connectivity index (χ4v) is 2.42. The van der Waals surface area contributed by atoms with Gasteiger partial charge in [0, 0.05) is 18.5 Å². The lowest BCUT2D eigenvalue weighted by Gasteiger charge is -2.08. The van der Waals surface area contributed by atoms with Gasteiger partial charge in [0.1, 0.15) is 23.1 Å². The molecule has 0 spiro atoms. The van der Waals surface area contributed by atoms with E-state index in [4.69, 9.17) is 15.5 Å². The molecule has 2 N–H and O–H groups in total. The smallest absolute Gasteiger partial charge is 0.131 e. The Hall–Kier alpha value is -1.97. The summed E-state index contributed by atoms with van der Waals surface area (Å²) in [5, 5.41) is 0. The van der Waals surface area contributed by atoms with Gasteiger partial charge in [-0.25, -0.2) is 4.98 Å². The third-order valence-electron chi connectivity index (χ3n) is 3.43. The van der Waals surface area contributed by atoms with Gasteiger partial charge in [-0.1, -0.05) is 32.9 Å². The number of aryl methyl sites for hydroxylation is 1. The number of ether oxygens (including phenoxy) is 1. The first kappa shape index (κ1) is 15.4. The van der Waals surface area contributed by atoms with E-state index in [9.17, 15) is 0 Å². The van der Waals surface area contributed by atoms with Crippen LogP contribution in [-0.2, 0) is 13.0 Å². The number of nitrogens with zero attached hydrogens (tertiary/aromatic N) is 2. The monoisotopic (exact) mass is 287 g/mol. The van der Waals surface area contributed by atoms with Crippen molar-refractivity contribution in [1.29, 1.82) is 0 Å². The molecule has 114 valence electrons. The van der Waals surface area contributed by atoms with Gasteiger partial charge in [0.05, 0.1) is 6.61 Å². The average Bonchev–Trinajstić information content (AvgIpc) is 2.83. The highest BCUT2D eigenvalue weighted by Gasteiger charge is 2.15. The van der Waals surface area contributed by atoms with Crippen LogP contribution >= 0.6 is 0 Å². The molecular formula is C17H25N3O. The molecule has 0 radical (unpaired) electrons. The first-order valence-electron chi connectivity index (χ1n) is 7.79. The van der Waals surface area contributed by atoms with Crippen molar-refractivity contribution < 1.29 is 4.74 Å². The number of aromatic nitrogens is 2. The minimum Gasteiger partial charge on any atom is -0.494 e. The first-order valence-corrected chi connectivity index (χ1v) is 7.79. The molecule has 1 heterocycles. The minimum absolute atomic E-state index is 0.726. The van der Waals surface area contributed by atoms with Crippen LogP contribution in [0, 0.1) is 0 Å². The second kappa shape index (κ2) is 7.16. The van der Waals surface area contributed by atoms with Crippen LogP contribution in [0.25, 0.3) is 11.3 Å². The van der Waals surface area contributed by atoms with Crippen molar-refractivity contribution in [1.82, 2.24) is 9.55 Å². The molecule has 0 atom stereocenters. The Bertz CT molecular complexity index is 590. The fourth-order valence-electron chi connectivity index (χ4n) is 2.42. The second-order valence-corrected chi connectivity index (χ2v) is 5.14. The number of anilines is 1. The number of nitrogens with two attached hydrogens (primary N) is 1. The Morgan fingerprint density at radius 1 is 1.19 bits per heavy atom. The van der Waals surface area contributed by atoms with Crippen molar-refractivity contribution in [2.45, 2.75) is 46.6 Å². The van der Waals surface area contributed by atoms with Crippen LogP contribution in [0.3, 0.4) is 0 Å². The van der Waals surface area contributed by atoms with Crippen molar-refractivity contribution >= 4 is 5.82 Å². The lowest BCUT2D eigenvalue weighted by molar-refractivity contribution is 0.317. The van der Waals surface area contributed by atoms with E-state index >= 15 is 0 Å². The molecule has 4 nitrogen and oxygen atoms in total. The van der Waals surface area contributed by atoms with Gasteiger partial charge in [0.2, 0.25) is 0 Å². The van der Waals surface area contributed by atoms with Gasteiger partial charge >= 0.3 is 0 Å². The maximum atomic E-state index is 6.31. The molecular weight excluding hydrogens is 262 g/mol. The second-order valence-electron chi connectivity index (χ2n) is 5.14. The van der Waals surface area contributed by atoms with Crippen LogP contribution in [0.5, 0.6) is 5.75 Å². The summed E-state index contributed by atoms with van der Waals surface area (Å²) in [5.41, 5.74) is 8.19. The molecule has 0 aliphatic rings. The van der Waals surface area contributed by atoms with E-state index in [0.717, 1.165) is 61.1 Å². The highest BCUT2D eigenvalue weighted by molar-refractivity contribution is 5.72. The summed E-state index contributed by atoms with van der Waals surface area (Å²) >= 11 is 0. The van der Waals surface area contributed by atoms with Gasteiger partial charge in [-0.2, -0.15) is 0 Å². The van der Waals surface area contributed by atoms with Crippen LogP contribution in [0.4, 0.5) is 5.82 Å². The molecule has 21 heavy (non-hydrogen) atoms.